The van der Waals surface area contributed by atoms with Gasteiger partial charge in [0.05, 0.1) is 18.2 Å². The number of aliphatic carboxylic acids is 1. The Hall–Kier alpha value is -2.00. The zero-order chi connectivity index (χ0) is 14.4. The van der Waals surface area contributed by atoms with Gasteiger partial charge in [-0.1, -0.05) is 0 Å². The van der Waals surface area contributed by atoms with Crippen LogP contribution < -0.4 is 9.47 Å². The van der Waals surface area contributed by atoms with E-state index in [1.165, 1.54) is 13.2 Å². The number of halogens is 1. The summed E-state index contributed by atoms with van der Waals surface area (Å²) in [7, 11) is 1.49. The molecule has 0 aliphatic rings. The highest BCUT2D eigenvalue weighted by atomic mass is 79.9. The standard InChI is InChI=1S/C13H12BrNO4/c1-3-19-12-10(14)5-8(6-11(12)18-2)4-9(7-15)13(16)17/h4-6H,3H2,1-2H3,(H,16,17)/b9-4+. The van der Waals surface area contributed by atoms with E-state index in [0.29, 0.717) is 28.1 Å². The van der Waals surface area contributed by atoms with E-state index in [1.54, 1.807) is 18.2 Å². The van der Waals surface area contributed by atoms with E-state index in [2.05, 4.69) is 15.9 Å². The van der Waals surface area contributed by atoms with E-state index in [1.807, 2.05) is 6.92 Å². The third kappa shape index (κ3) is 3.73. The van der Waals surface area contributed by atoms with Gasteiger partial charge in [0.25, 0.3) is 0 Å². The van der Waals surface area contributed by atoms with Crippen LogP contribution in [0.2, 0.25) is 0 Å². The molecule has 0 radical (unpaired) electrons. The van der Waals surface area contributed by atoms with E-state index < -0.39 is 5.97 Å². The summed E-state index contributed by atoms with van der Waals surface area (Å²) in [4.78, 5) is 10.8. The number of carboxylic acid groups (broad SMARTS) is 1. The molecule has 0 bridgehead atoms. The minimum absolute atomic E-state index is 0.349. The maximum absolute atomic E-state index is 10.8. The average Bonchev–Trinajstić information content (AvgIpc) is 2.38. The maximum atomic E-state index is 10.8. The Morgan fingerprint density at radius 3 is 2.74 bits per heavy atom. The van der Waals surface area contributed by atoms with Gasteiger partial charge in [-0.2, -0.15) is 5.26 Å². The molecule has 0 fully saturated rings. The lowest BCUT2D eigenvalue weighted by Crippen LogP contribution is -1.99. The van der Waals surface area contributed by atoms with Crippen molar-refractivity contribution in [3.05, 3.63) is 27.7 Å². The number of ether oxygens (including phenoxy) is 2. The first kappa shape index (κ1) is 15.1. The number of methoxy groups -OCH3 is 1. The van der Waals surface area contributed by atoms with Crippen LogP contribution in [0.3, 0.4) is 0 Å². The monoisotopic (exact) mass is 325 g/mol. The number of hydrogen-bond donors (Lipinski definition) is 1. The zero-order valence-electron chi connectivity index (χ0n) is 10.4. The van der Waals surface area contributed by atoms with Crippen molar-refractivity contribution < 1.29 is 19.4 Å². The lowest BCUT2D eigenvalue weighted by atomic mass is 10.1. The van der Waals surface area contributed by atoms with Crippen molar-refractivity contribution in [2.45, 2.75) is 6.92 Å². The Morgan fingerprint density at radius 2 is 2.26 bits per heavy atom. The summed E-state index contributed by atoms with van der Waals surface area (Å²) in [6, 6.07) is 4.89. The second-order valence-electron chi connectivity index (χ2n) is 3.44. The molecule has 0 saturated heterocycles. The SMILES string of the molecule is CCOc1c(Br)cc(/C=C(\C#N)C(=O)O)cc1OC. The van der Waals surface area contributed by atoms with Gasteiger partial charge in [-0.25, -0.2) is 4.79 Å². The highest BCUT2D eigenvalue weighted by molar-refractivity contribution is 9.10. The van der Waals surface area contributed by atoms with Crippen LogP contribution in [-0.2, 0) is 4.79 Å². The van der Waals surface area contributed by atoms with Crippen LogP contribution in [0.5, 0.6) is 11.5 Å². The van der Waals surface area contributed by atoms with Crippen molar-refractivity contribution >= 4 is 28.0 Å². The molecule has 1 rings (SSSR count). The van der Waals surface area contributed by atoms with Gasteiger partial charge < -0.3 is 14.6 Å². The molecular formula is C13H12BrNO4. The number of rotatable bonds is 5. The summed E-state index contributed by atoms with van der Waals surface area (Å²) >= 11 is 3.32. The lowest BCUT2D eigenvalue weighted by molar-refractivity contribution is -0.132. The molecule has 5 nitrogen and oxygen atoms in total. The molecule has 1 aromatic carbocycles. The minimum atomic E-state index is -1.27. The van der Waals surface area contributed by atoms with Gasteiger partial charge in [0.1, 0.15) is 11.6 Å². The largest absolute Gasteiger partial charge is 0.493 e. The number of carbonyl (C=O) groups is 1. The summed E-state index contributed by atoms with van der Waals surface area (Å²) in [5.74, 6) is -0.271. The van der Waals surface area contributed by atoms with Gasteiger partial charge in [0.2, 0.25) is 0 Å². The average molecular weight is 326 g/mol. The first-order chi connectivity index (χ1) is 9.03. The van der Waals surface area contributed by atoms with Crippen LogP contribution in [0.15, 0.2) is 22.2 Å². The molecule has 0 unspecified atom stereocenters. The third-order valence-corrected chi connectivity index (χ3v) is 2.79. The normalized spacial score (nSPS) is 10.7. The molecule has 19 heavy (non-hydrogen) atoms. The smallest absolute Gasteiger partial charge is 0.346 e. The predicted molar refractivity (Wildman–Crippen MR) is 73.1 cm³/mol. The van der Waals surface area contributed by atoms with E-state index >= 15 is 0 Å². The van der Waals surface area contributed by atoms with Crippen LogP contribution >= 0.6 is 15.9 Å². The fraction of sp³-hybridized carbons (Fsp3) is 0.231. The van der Waals surface area contributed by atoms with Crippen LogP contribution in [-0.4, -0.2) is 24.8 Å². The van der Waals surface area contributed by atoms with Crippen molar-refractivity contribution in [1.82, 2.24) is 0 Å². The van der Waals surface area contributed by atoms with Crippen molar-refractivity contribution in [2.24, 2.45) is 0 Å². The highest BCUT2D eigenvalue weighted by Crippen LogP contribution is 2.37. The number of hydrogen-bond acceptors (Lipinski definition) is 4. The van der Waals surface area contributed by atoms with Crippen molar-refractivity contribution in [3.63, 3.8) is 0 Å². The van der Waals surface area contributed by atoms with Crippen molar-refractivity contribution in [3.8, 4) is 17.6 Å². The quantitative estimate of drug-likeness (QED) is 0.665. The topological polar surface area (TPSA) is 79.5 Å². The van der Waals surface area contributed by atoms with Gasteiger partial charge in [-0.3, -0.25) is 0 Å². The number of benzene rings is 1. The lowest BCUT2D eigenvalue weighted by Gasteiger charge is -2.12. The molecular weight excluding hydrogens is 314 g/mol. The predicted octanol–water partition coefficient (Wildman–Crippen LogP) is 2.85. The summed E-state index contributed by atoms with van der Waals surface area (Å²) in [6.07, 6.45) is 1.27. The van der Waals surface area contributed by atoms with Gasteiger partial charge in [-0.05, 0) is 46.6 Å². The first-order valence-corrected chi connectivity index (χ1v) is 6.18. The van der Waals surface area contributed by atoms with Crippen LogP contribution in [0, 0.1) is 11.3 Å². The molecule has 0 atom stereocenters. The van der Waals surface area contributed by atoms with Crippen LogP contribution in [0.4, 0.5) is 0 Å². The van der Waals surface area contributed by atoms with E-state index in [0.717, 1.165) is 0 Å². The molecule has 0 aliphatic heterocycles. The summed E-state index contributed by atoms with van der Waals surface area (Å²) in [5.41, 5.74) is 0.184. The minimum Gasteiger partial charge on any atom is -0.493 e. The third-order valence-electron chi connectivity index (χ3n) is 2.20. The first-order valence-electron chi connectivity index (χ1n) is 5.38. The Balaban J connectivity index is 3.30. The molecule has 0 aliphatic carbocycles. The zero-order valence-corrected chi connectivity index (χ0v) is 12.0. The van der Waals surface area contributed by atoms with Crippen LogP contribution in [0.1, 0.15) is 12.5 Å². The summed E-state index contributed by atoms with van der Waals surface area (Å²) in [5, 5.41) is 17.5. The Morgan fingerprint density at radius 1 is 1.58 bits per heavy atom. The molecule has 6 heteroatoms. The second-order valence-corrected chi connectivity index (χ2v) is 4.30. The van der Waals surface area contributed by atoms with Gasteiger partial charge >= 0.3 is 5.97 Å². The molecule has 1 aromatic rings. The maximum Gasteiger partial charge on any atom is 0.346 e. The van der Waals surface area contributed by atoms with Crippen molar-refractivity contribution in [2.75, 3.05) is 13.7 Å². The second kappa shape index (κ2) is 6.81. The fourth-order valence-electron chi connectivity index (χ4n) is 1.42. The Labute approximate surface area is 119 Å². The van der Waals surface area contributed by atoms with Gasteiger partial charge in [0.15, 0.2) is 11.5 Å². The number of nitriles is 1. The number of carboxylic acids is 1. The summed E-state index contributed by atoms with van der Waals surface area (Å²) in [6.45, 7) is 2.32. The molecule has 0 spiro atoms. The van der Waals surface area contributed by atoms with Gasteiger partial charge in [0, 0.05) is 0 Å². The molecule has 0 heterocycles. The summed E-state index contributed by atoms with van der Waals surface area (Å²) < 4.78 is 11.2. The Kier molecular flexibility index (Phi) is 5.39. The molecule has 1 N–H and O–H groups in total. The molecule has 100 valence electrons. The molecule has 0 saturated carbocycles. The fourth-order valence-corrected chi connectivity index (χ4v) is 1.99. The van der Waals surface area contributed by atoms with E-state index in [-0.39, 0.29) is 5.57 Å². The Bertz CT molecular complexity index is 560. The molecule has 0 amide bonds. The molecule has 0 aromatic heterocycles. The highest BCUT2D eigenvalue weighted by Gasteiger charge is 2.12. The van der Waals surface area contributed by atoms with Crippen molar-refractivity contribution in [1.29, 1.82) is 5.26 Å². The van der Waals surface area contributed by atoms with Gasteiger partial charge in [-0.15, -0.1) is 0 Å². The van der Waals surface area contributed by atoms with E-state index in [4.69, 9.17) is 19.8 Å². The number of nitrogens with zero attached hydrogens (tertiary/aromatic N) is 1. The van der Waals surface area contributed by atoms with Crippen LogP contribution in [0.25, 0.3) is 6.08 Å². The van der Waals surface area contributed by atoms with E-state index in [9.17, 15) is 4.79 Å².